The van der Waals surface area contributed by atoms with E-state index < -0.39 is 0 Å². The molecule has 0 atom stereocenters. The highest BCUT2D eigenvalue weighted by molar-refractivity contribution is 6.28. The van der Waals surface area contributed by atoms with Crippen LogP contribution < -0.4 is 10.6 Å². The third-order valence-corrected chi connectivity index (χ3v) is 2.38. The number of nitrogen functional groups attached to an aromatic ring is 1. The van der Waals surface area contributed by atoms with Crippen LogP contribution in [-0.4, -0.2) is 53.6 Å². The van der Waals surface area contributed by atoms with E-state index in [0.717, 1.165) is 26.1 Å². The molecule has 0 saturated carbocycles. The van der Waals surface area contributed by atoms with Crippen LogP contribution in [0, 0.1) is 0 Å². The number of rotatable bonds is 6. The van der Waals surface area contributed by atoms with Crippen molar-refractivity contribution in [1.82, 2.24) is 19.9 Å². The Labute approximate surface area is 107 Å². The number of aromatic nitrogens is 3. The lowest BCUT2D eigenvalue weighted by Crippen LogP contribution is -2.33. The maximum atomic E-state index is 5.78. The molecule has 0 fully saturated rings. The zero-order valence-electron chi connectivity index (χ0n) is 10.5. The summed E-state index contributed by atoms with van der Waals surface area (Å²) in [5.41, 5.74) is 5.57. The van der Waals surface area contributed by atoms with Crippen molar-refractivity contribution in [2.45, 2.75) is 13.3 Å². The molecular formula is C10H19ClN6. The quantitative estimate of drug-likeness (QED) is 0.817. The Balaban J connectivity index is 2.80. The third kappa shape index (κ3) is 4.70. The van der Waals surface area contributed by atoms with E-state index in [1.54, 1.807) is 0 Å². The molecule has 0 aliphatic carbocycles. The third-order valence-electron chi connectivity index (χ3n) is 2.21. The van der Waals surface area contributed by atoms with Crippen molar-refractivity contribution in [3.63, 3.8) is 0 Å². The first-order valence-corrected chi connectivity index (χ1v) is 5.97. The molecular weight excluding hydrogens is 240 g/mol. The summed E-state index contributed by atoms with van der Waals surface area (Å²) >= 11 is 5.78. The summed E-state index contributed by atoms with van der Waals surface area (Å²) in [4.78, 5) is 16.1. The van der Waals surface area contributed by atoms with Crippen molar-refractivity contribution in [2.24, 2.45) is 0 Å². The SMILES string of the molecule is CCCN(CCN(C)C)c1nc(N)nc(Cl)n1. The molecule has 0 saturated heterocycles. The Morgan fingerprint density at radius 2 is 1.82 bits per heavy atom. The van der Waals surface area contributed by atoms with Gasteiger partial charge in [0, 0.05) is 19.6 Å². The highest BCUT2D eigenvalue weighted by Crippen LogP contribution is 2.12. The summed E-state index contributed by atoms with van der Waals surface area (Å²) in [6.07, 6.45) is 1.01. The highest BCUT2D eigenvalue weighted by atomic mass is 35.5. The van der Waals surface area contributed by atoms with E-state index in [1.165, 1.54) is 0 Å². The van der Waals surface area contributed by atoms with Crippen LogP contribution in [0.3, 0.4) is 0 Å². The van der Waals surface area contributed by atoms with Crippen molar-refractivity contribution >= 4 is 23.5 Å². The molecule has 0 aliphatic heterocycles. The number of likely N-dealkylation sites (N-methyl/N-ethyl adjacent to an activating group) is 1. The fourth-order valence-electron chi connectivity index (χ4n) is 1.40. The number of hydrogen-bond donors (Lipinski definition) is 1. The van der Waals surface area contributed by atoms with Gasteiger partial charge < -0.3 is 15.5 Å². The standard InChI is InChI=1S/C10H19ClN6/c1-4-5-17(7-6-16(2)3)10-14-8(11)13-9(12)15-10/h4-7H2,1-3H3,(H2,12,13,14,15). The van der Waals surface area contributed by atoms with Crippen molar-refractivity contribution in [3.8, 4) is 0 Å². The van der Waals surface area contributed by atoms with Crippen molar-refractivity contribution in [2.75, 3.05) is 44.4 Å². The topological polar surface area (TPSA) is 71.2 Å². The summed E-state index contributed by atoms with van der Waals surface area (Å²) in [6.45, 7) is 4.73. The lowest BCUT2D eigenvalue weighted by atomic mass is 10.4. The van der Waals surface area contributed by atoms with Gasteiger partial charge in [-0.3, -0.25) is 0 Å². The van der Waals surface area contributed by atoms with Crippen LogP contribution in [0.2, 0.25) is 5.28 Å². The zero-order chi connectivity index (χ0) is 12.8. The molecule has 0 aromatic carbocycles. The van der Waals surface area contributed by atoms with E-state index in [2.05, 4.69) is 31.7 Å². The molecule has 7 heteroatoms. The average Bonchev–Trinajstić information content (AvgIpc) is 2.22. The van der Waals surface area contributed by atoms with Crippen LogP contribution in [-0.2, 0) is 0 Å². The molecule has 0 radical (unpaired) electrons. The second-order valence-corrected chi connectivity index (χ2v) is 4.39. The van der Waals surface area contributed by atoms with Crippen LogP contribution in [0.25, 0.3) is 0 Å². The molecule has 1 aromatic rings. The van der Waals surface area contributed by atoms with Crippen LogP contribution in [0.1, 0.15) is 13.3 Å². The molecule has 0 bridgehead atoms. The Kier molecular flexibility index (Phi) is 5.37. The molecule has 1 heterocycles. The van der Waals surface area contributed by atoms with Gasteiger partial charge in [-0.25, -0.2) is 0 Å². The first-order valence-electron chi connectivity index (χ1n) is 5.59. The Morgan fingerprint density at radius 3 is 2.35 bits per heavy atom. The van der Waals surface area contributed by atoms with Gasteiger partial charge in [0.05, 0.1) is 0 Å². The normalized spacial score (nSPS) is 10.9. The second kappa shape index (κ2) is 6.56. The van der Waals surface area contributed by atoms with Crippen molar-refractivity contribution in [3.05, 3.63) is 5.28 Å². The molecule has 6 nitrogen and oxygen atoms in total. The number of nitrogens with two attached hydrogens (primary N) is 1. The van der Waals surface area contributed by atoms with Gasteiger partial charge in [-0.15, -0.1) is 0 Å². The molecule has 2 N–H and O–H groups in total. The molecule has 1 aromatic heterocycles. The van der Waals surface area contributed by atoms with Gasteiger partial charge >= 0.3 is 0 Å². The second-order valence-electron chi connectivity index (χ2n) is 4.05. The largest absolute Gasteiger partial charge is 0.368 e. The van der Waals surface area contributed by atoms with Gasteiger partial charge in [0.25, 0.3) is 0 Å². The van der Waals surface area contributed by atoms with E-state index in [4.69, 9.17) is 17.3 Å². The maximum Gasteiger partial charge on any atom is 0.231 e. The number of nitrogens with zero attached hydrogens (tertiary/aromatic N) is 5. The van der Waals surface area contributed by atoms with Crippen molar-refractivity contribution in [1.29, 1.82) is 0 Å². The zero-order valence-corrected chi connectivity index (χ0v) is 11.3. The summed E-state index contributed by atoms with van der Waals surface area (Å²) < 4.78 is 0. The fourth-order valence-corrected chi connectivity index (χ4v) is 1.56. The molecule has 0 aliphatic rings. The molecule has 1 rings (SSSR count). The van der Waals surface area contributed by atoms with E-state index in [0.29, 0.717) is 5.95 Å². The van der Waals surface area contributed by atoms with Gasteiger partial charge in [0.15, 0.2) is 0 Å². The van der Waals surface area contributed by atoms with Crippen LogP contribution >= 0.6 is 11.6 Å². The fraction of sp³-hybridized carbons (Fsp3) is 0.700. The van der Waals surface area contributed by atoms with Crippen molar-refractivity contribution < 1.29 is 0 Å². The van der Waals surface area contributed by atoms with E-state index >= 15 is 0 Å². The van der Waals surface area contributed by atoms with E-state index in [1.807, 2.05) is 14.1 Å². The lowest BCUT2D eigenvalue weighted by Gasteiger charge is -2.23. The lowest BCUT2D eigenvalue weighted by molar-refractivity contribution is 0.411. The summed E-state index contributed by atoms with van der Waals surface area (Å²) in [5, 5.41) is 0.137. The average molecular weight is 259 g/mol. The predicted octanol–water partition coefficient (Wildman–Crippen LogP) is 0.885. The minimum absolute atomic E-state index is 0.137. The summed E-state index contributed by atoms with van der Waals surface area (Å²) in [6, 6.07) is 0. The number of halogens is 1. The predicted molar refractivity (Wildman–Crippen MR) is 70.3 cm³/mol. The van der Waals surface area contributed by atoms with Gasteiger partial charge in [-0.1, -0.05) is 6.92 Å². The van der Waals surface area contributed by atoms with Gasteiger partial charge in [0.1, 0.15) is 0 Å². The minimum Gasteiger partial charge on any atom is -0.368 e. The molecule has 0 amide bonds. The Hall–Kier alpha value is -1.14. The van der Waals surface area contributed by atoms with Gasteiger partial charge in [-0.05, 0) is 32.1 Å². The molecule has 0 spiro atoms. The van der Waals surface area contributed by atoms with Crippen LogP contribution in [0.5, 0.6) is 0 Å². The first-order chi connectivity index (χ1) is 8.02. The minimum atomic E-state index is 0.137. The molecule has 96 valence electrons. The molecule has 0 unspecified atom stereocenters. The van der Waals surface area contributed by atoms with E-state index in [-0.39, 0.29) is 11.2 Å². The number of anilines is 2. The Bertz CT molecular complexity index is 336. The van der Waals surface area contributed by atoms with Gasteiger partial charge in [0.2, 0.25) is 17.2 Å². The summed E-state index contributed by atoms with van der Waals surface area (Å²) in [7, 11) is 4.05. The maximum absolute atomic E-state index is 5.78. The summed E-state index contributed by atoms with van der Waals surface area (Å²) in [5.74, 6) is 0.706. The first kappa shape index (κ1) is 13.9. The smallest absolute Gasteiger partial charge is 0.231 e. The van der Waals surface area contributed by atoms with Crippen LogP contribution in [0.15, 0.2) is 0 Å². The number of hydrogen-bond acceptors (Lipinski definition) is 6. The van der Waals surface area contributed by atoms with E-state index in [9.17, 15) is 0 Å². The van der Waals surface area contributed by atoms with Crippen LogP contribution in [0.4, 0.5) is 11.9 Å². The Morgan fingerprint density at radius 1 is 1.12 bits per heavy atom. The monoisotopic (exact) mass is 258 g/mol. The molecule has 17 heavy (non-hydrogen) atoms. The van der Waals surface area contributed by atoms with Gasteiger partial charge in [-0.2, -0.15) is 15.0 Å². The highest BCUT2D eigenvalue weighted by Gasteiger charge is 2.11.